The van der Waals surface area contributed by atoms with E-state index in [1.54, 1.807) is 0 Å². The van der Waals surface area contributed by atoms with E-state index >= 15 is 0 Å². The Morgan fingerprint density at radius 2 is 2.14 bits per heavy atom. The molecular formula is C11H19NO2. The molecule has 0 saturated carbocycles. The number of alkyl carbamates (subject to hydrolysis) is 1. The molecule has 0 saturated heterocycles. The third-order valence-electron chi connectivity index (χ3n) is 1.92. The lowest BCUT2D eigenvalue weighted by molar-refractivity contribution is 0.172. The summed E-state index contributed by atoms with van der Waals surface area (Å²) in [5.74, 6) is 0. The molecule has 80 valence electrons. The summed E-state index contributed by atoms with van der Waals surface area (Å²) in [4.78, 5) is 10.8. The molecular weight excluding hydrogens is 178 g/mol. The summed E-state index contributed by atoms with van der Waals surface area (Å²) in [5.41, 5.74) is 2.14. The largest absolute Gasteiger partial charge is 0.453 e. The molecule has 3 heteroatoms. The molecule has 1 N–H and O–H groups in total. The minimum Gasteiger partial charge on any atom is -0.453 e. The van der Waals surface area contributed by atoms with Crippen molar-refractivity contribution in [2.45, 2.75) is 26.7 Å². The Labute approximate surface area is 85.8 Å². The van der Waals surface area contributed by atoms with Gasteiger partial charge in [0.05, 0.1) is 7.11 Å². The van der Waals surface area contributed by atoms with E-state index in [4.69, 9.17) is 0 Å². The van der Waals surface area contributed by atoms with Gasteiger partial charge in [0, 0.05) is 6.54 Å². The van der Waals surface area contributed by atoms with Gasteiger partial charge in [0.15, 0.2) is 0 Å². The second kappa shape index (κ2) is 7.18. The van der Waals surface area contributed by atoms with Crippen molar-refractivity contribution >= 4 is 6.09 Å². The van der Waals surface area contributed by atoms with Gasteiger partial charge in [0.1, 0.15) is 0 Å². The van der Waals surface area contributed by atoms with Gasteiger partial charge in [-0.3, -0.25) is 0 Å². The van der Waals surface area contributed by atoms with Crippen LogP contribution in [0.4, 0.5) is 4.79 Å². The number of ether oxygens (including phenoxy) is 1. The van der Waals surface area contributed by atoms with Crippen molar-refractivity contribution in [3.8, 4) is 0 Å². The van der Waals surface area contributed by atoms with Gasteiger partial charge >= 0.3 is 6.09 Å². The highest BCUT2D eigenvalue weighted by atomic mass is 16.5. The molecule has 0 atom stereocenters. The van der Waals surface area contributed by atoms with Gasteiger partial charge in [-0.2, -0.15) is 0 Å². The smallest absolute Gasteiger partial charge is 0.407 e. The number of hydrogen-bond donors (Lipinski definition) is 1. The third kappa shape index (κ3) is 4.70. The van der Waals surface area contributed by atoms with Crippen LogP contribution in [0, 0.1) is 0 Å². The number of rotatable bonds is 5. The van der Waals surface area contributed by atoms with E-state index in [0.717, 1.165) is 18.4 Å². The lowest BCUT2D eigenvalue weighted by Gasteiger charge is -2.09. The fourth-order valence-corrected chi connectivity index (χ4v) is 1.15. The second-order valence-corrected chi connectivity index (χ2v) is 2.94. The molecule has 1 amide bonds. The Bertz CT molecular complexity index is 231. The predicted octanol–water partition coefficient (Wildman–Crippen LogP) is 2.65. The Morgan fingerprint density at radius 1 is 1.50 bits per heavy atom. The van der Waals surface area contributed by atoms with E-state index in [9.17, 15) is 4.79 Å². The molecule has 14 heavy (non-hydrogen) atoms. The average Bonchev–Trinajstić information content (AvgIpc) is 2.21. The zero-order valence-electron chi connectivity index (χ0n) is 9.22. The average molecular weight is 197 g/mol. The van der Waals surface area contributed by atoms with Crippen LogP contribution >= 0.6 is 0 Å². The Balaban J connectivity index is 4.06. The van der Waals surface area contributed by atoms with Gasteiger partial charge in [0.2, 0.25) is 0 Å². The van der Waals surface area contributed by atoms with Gasteiger partial charge in [-0.1, -0.05) is 26.5 Å². The molecule has 0 bridgehead atoms. The molecule has 0 fully saturated rings. The highest BCUT2D eigenvalue weighted by molar-refractivity contribution is 5.67. The third-order valence-corrected chi connectivity index (χ3v) is 1.92. The maximum absolute atomic E-state index is 10.8. The molecule has 0 aromatic carbocycles. The number of allylic oxidation sites excluding steroid dienone is 1. The Morgan fingerprint density at radius 3 is 2.57 bits per heavy atom. The lowest BCUT2D eigenvalue weighted by atomic mass is 10.0. The molecule has 0 radical (unpaired) electrons. The van der Waals surface area contributed by atoms with Gasteiger partial charge in [-0.05, 0) is 24.0 Å². The van der Waals surface area contributed by atoms with Crippen molar-refractivity contribution in [2.75, 3.05) is 13.7 Å². The summed E-state index contributed by atoms with van der Waals surface area (Å²) in [5, 5.41) is 2.60. The van der Waals surface area contributed by atoms with Crippen molar-refractivity contribution in [3.05, 3.63) is 23.8 Å². The number of carbonyl (C=O) groups is 1. The molecule has 0 aliphatic heterocycles. The van der Waals surface area contributed by atoms with E-state index in [1.807, 2.05) is 0 Å². The first-order valence-corrected chi connectivity index (χ1v) is 4.84. The topological polar surface area (TPSA) is 38.3 Å². The molecule has 0 rings (SSSR count). The van der Waals surface area contributed by atoms with Gasteiger partial charge in [-0.25, -0.2) is 4.79 Å². The highest BCUT2D eigenvalue weighted by Gasteiger charge is 2.02. The summed E-state index contributed by atoms with van der Waals surface area (Å²) < 4.78 is 4.46. The van der Waals surface area contributed by atoms with Crippen molar-refractivity contribution < 1.29 is 9.53 Å². The standard InChI is InChI=1S/C11H19NO2/c1-5-7-10(6-2)9(3)8-12-11(13)14-4/h7H,3,5-6,8H2,1-2,4H3,(H,12,13). The van der Waals surface area contributed by atoms with Crippen LogP contribution in [0.5, 0.6) is 0 Å². The minimum absolute atomic E-state index is 0.418. The fourth-order valence-electron chi connectivity index (χ4n) is 1.15. The first kappa shape index (κ1) is 12.8. The Hall–Kier alpha value is -1.25. The van der Waals surface area contributed by atoms with Crippen molar-refractivity contribution in [3.63, 3.8) is 0 Å². The summed E-state index contributed by atoms with van der Waals surface area (Å²) in [6, 6.07) is 0. The SMILES string of the molecule is C=C(CNC(=O)OC)C(=CCC)CC. The molecule has 0 spiro atoms. The molecule has 0 aliphatic rings. The summed E-state index contributed by atoms with van der Waals surface area (Å²) in [6.07, 6.45) is 3.63. The van der Waals surface area contributed by atoms with Crippen LogP contribution in [0.2, 0.25) is 0 Å². The predicted molar refractivity (Wildman–Crippen MR) is 58.2 cm³/mol. The molecule has 0 unspecified atom stereocenters. The van der Waals surface area contributed by atoms with Gasteiger partial charge in [0.25, 0.3) is 0 Å². The number of nitrogens with one attached hydrogen (secondary N) is 1. The van der Waals surface area contributed by atoms with Crippen molar-refractivity contribution in [2.24, 2.45) is 0 Å². The minimum atomic E-state index is -0.418. The number of amides is 1. The first-order chi connectivity index (χ1) is 6.65. The van der Waals surface area contributed by atoms with Crippen LogP contribution in [-0.4, -0.2) is 19.7 Å². The van der Waals surface area contributed by atoms with E-state index in [1.165, 1.54) is 12.7 Å². The molecule has 0 aliphatic carbocycles. The van der Waals surface area contributed by atoms with Crippen LogP contribution in [0.25, 0.3) is 0 Å². The summed E-state index contributed by atoms with van der Waals surface area (Å²) in [6.45, 7) is 8.52. The normalized spacial score (nSPS) is 10.9. The first-order valence-electron chi connectivity index (χ1n) is 4.84. The number of methoxy groups -OCH3 is 1. The summed E-state index contributed by atoms with van der Waals surface area (Å²) >= 11 is 0. The number of carbonyl (C=O) groups excluding carboxylic acids is 1. The maximum Gasteiger partial charge on any atom is 0.407 e. The molecule has 0 heterocycles. The number of hydrogen-bond acceptors (Lipinski definition) is 2. The zero-order valence-corrected chi connectivity index (χ0v) is 9.22. The van der Waals surface area contributed by atoms with Crippen LogP contribution in [0.1, 0.15) is 26.7 Å². The van der Waals surface area contributed by atoms with Crippen LogP contribution in [0.3, 0.4) is 0 Å². The van der Waals surface area contributed by atoms with Crippen molar-refractivity contribution in [1.29, 1.82) is 0 Å². The summed E-state index contributed by atoms with van der Waals surface area (Å²) in [7, 11) is 1.35. The lowest BCUT2D eigenvalue weighted by Crippen LogP contribution is -2.25. The monoisotopic (exact) mass is 197 g/mol. The zero-order chi connectivity index (χ0) is 11.0. The molecule has 3 nitrogen and oxygen atoms in total. The second-order valence-electron chi connectivity index (χ2n) is 2.94. The molecule has 0 aromatic heterocycles. The quantitative estimate of drug-likeness (QED) is 0.688. The van der Waals surface area contributed by atoms with Crippen LogP contribution in [-0.2, 0) is 4.74 Å². The van der Waals surface area contributed by atoms with Crippen LogP contribution < -0.4 is 5.32 Å². The van der Waals surface area contributed by atoms with Gasteiger partial charge < -0.3 is 10.1 Å². The van der Waals surface area contributed by atoms with Crippen molar-refractivity contribution in [1.82, 2.24) is 5.32 Å². The Kier molecular flexibility index (Phi) is 6.54. The van der Waals surface area contributed by atoms with E-state index in [-0.39, 0.29) is 0 Å². The van der Waals surface area contributed by atoms with Crippen LogP contribution in [0.15, 0.2) is 23.8 Å². The highest BCUT2D eigenvalue weighted by Crippen LogP contribution is 2.11. The van der Waals surface area contributed by atoms with E-state index < -0.39 is 6.09 Å². The van der Waals surface area contributed by atoms with E-state index in [2.05, 4.69) is 36.6 Å². The molecule has 0 aromatic rings. The van der Waals surface area contributed by atoms with Gasteiger partial charge in [-0.15, -0.1) is 0 Å². The van der Waals surface area contributed by atoms with E-state index in [0.29, 0.717) is 6.54 Å². The maximum atomic E-state index is 10.8. The fraction of sp³-hybridized carbons (Fsp3) is 0.545.